The highest BCUT2D eigenvalue weighted by Crippen LogP contribution is 2.40. The third-order valence-electron chi connectivity index (χ3n) is 3.33. The number of ether oxygens (including phenoxy) is 2. The number of hydrogen-bond acceptors (Lipinski definition) is 4. The molecule has 8 heteroatoms. The quantitative estimate of drug-likeness (QED) is 0.443. The van der Waals surface area contributed by atoms with Gasteiger partial charge in [0.05, 0.1) is 0 Å². The third kappa shape index (κ3) is 4.81. The summed E-state index contributed by atoms with van der Waals surface area (Å²) in [7, 11) is 0. The van der Waals surface area contributed by atoms with Crippen molar-refractivity contribution in [2.75, 3.05) is 0 Å². The maximum atomic E-state index is 15.1. The molecule has 0 aliphatic heterocycles. The van der Waals surface area contributed by atoms with Crippen molar-refractivity contribution in [2.24, 2.45) is 0 Å². The molecule has 0 aliphatic rings. The standard InChI is InChI=1S/C18H14F4O4/c1-11(23)25-14-10-6-5-9-13(14)15(19)16(12-7-3-2-4-8-12)26-17(24)18(20,21)22/h2-10,15-16H,1H3/t15-,16+/m0/s1. The summed E-state index contributed by atoms with van der Waals surface area (Å²) in [5, 5.41) is 0. The second-order valence-corrected chi connectivity index (χ2v) is 5.27. The minimum atomic E-state index is -5.28. The van der Waals surface area contributed by atoms with Crippen molar-refractivity contribution in [3.63, 3.8) is 0 Å². The van der Waals surface area contributed by atoms with Crippen molar-refractivity contribution < 1.29 is 36.6 Å². The molecule has 2 aromatic rings. The molecule has 26 heavy (non-hydrogen) atoms. The van der Waals surface area contributed by atoms with Crippen LogP contribution in [0.5, 0.6) is 5.75 Å². The Morgan fingerprint density at radius 3 is 2.12 bits per heavy atom. The van der Waals surface area contributed by atoms with E-state index in [2.05, 4.69) is 4.74 Å². The van der Waals surface area contributed by atoms with Gasteiger partial charge < -0.3 is 9.47 Å². The van der Waals surface area contributed by atoms with Gasteiger partial charge in [-0.2, -0.15) is 13.2 Å². The molecule has 138 valence electrons. The second-order valence-electron chi connectivity index (χ2n) is 5.27. The Hall–Kier alpha value is -2.90. The van der Waals surface area contributed by atoms with E-state index >= 15 is 4.39 Å². The summed E-state index contributed by atoms with van der Waals surface area (Å²) in [4.78, 5) is 22.4. The van der Waals surface area contributed by atoms with E-state index in [-0.39, 0.29) is 16.9 Å². The maximum absolute atomic E-state index is 15.1. The van der Waals surface area contributed by atoms with Crippen LogP contribution < -0.4 is 4.74 Å². The number of carbonyl (C=O) groups excluding carboxylic acids is 2. The number of alkyl halides is 4. The summed E-state index contributed by atoms with van der Waals surface area (Å²) in [5.41, 5.74) is -0.193. The molecule has 0 saturated heterocycles. The Balaban J connectivity index is 2.42. The number of halogens is 4. The van der Waals surface area contributed by atoms with Gasteiger partial charge in [-0.1, -0.05) is 48.5 Å². The lowest BCUT2D eigenvalue weighted by Gasteiger charge is -2.24. The lowest BCUT2D eigenvalue weighted by molar-refractivity contribution is -0.208. The van der Waals surface area contributed by atoms with Crippen molar-refractivity contribution in [3.05, 3.63) is 65.7 Å². The molecule has 2 rings (SSSR count). The number of hydrogen-bond donors (Lipinski definition) is 0. The van der Waals surface area contributed by atoms with Crippen LogP contribution in [0.1, 0.15) is 30.3 Å². The van der Waals surface area contributed by atoms with Gasteiger partial charge in [0.2, 0.25) is 0 Å². The van der Waals surface area contributed by atoms with Crippen LogP contribution in [0.15, 0.2) is 54.6 Å². The lowest BCUT2D eigenvalue weighted by Crippen LogP contribution is -2.28. The van der Waals surface area contributed by atoms with Gasteiger partial charge in [-0.3, -0.25) is 4.79 Å². The summed E-state index contributed by atoms with van der Waals surface area (Å²) >= 11 is 0. The van der Waals surface area contributed by atoms with Crippen LogP contribution in [0.25, 0.3) is 0 Å². The van der Waals surface area contributed by atoms with E-state index in [4.69, 9.17) is 4.74 Å². The lowest BCUT2D eigenvalue weighted by atomic mass is 9.98. The van der Waals surface area contributed by atoms with Gasteiger partial charge in [0.1, 0.15) is 5.75 Å². The normalized spacial score (nSPS) is 13.6. The number of benzene rings is 2. The Morgan fingerprint density at radius 2 is 1.54 bits per heavy atom. The molecule has 0 radical (unpaired) electrons. The number of carbonyl (C=O) groups is 2. The largest absolute Gasteiger partial charge is 0.490 e. The zero-order valence-corrected chi connectivity index (χ0v) is 13.5. The van der Waals surface area contributed by atoms with E-state index < -0.39 is 30.4 Å². The maximum Gasteiger partial charge on any atom is 0.490 e. The first-order valence-corrected chi connectivity index (χ1v) is 7.44. The van der Waals surface area contributed by atoms with Gasteiger partial charge in [-0.15, -0.1) is 0 Å². The molecule has 0 N–H and O–H groups in total. The van der Waals surface area contributed by atoms with Crippen LogP contribution >= 0.6 is 0 Å². The van der Waals surface area contributed by atoms with Gasteiger partial charge in [0.15, 0.2) is 12.3 Å². The first-order chi connectivity index (χ1) is 12.2. The molecule has 0 heterocycles. The van der Waals surface area contributed by atoms with Crippen molar-refractivity contribution >= 4 is 11.9 Å². The smallest absolute Gasteiger partial charge is 0.447 e. The average molecular weight is 370 g/mol. The fourth-order valence-electron chi connectivity index (χ4n) is 2.24. The zero-order chi connectivity index (χ0) is 19.3. The minimum absolute atomic E-state index is 0.0234. The molecule has 0 fully saturated rings. The van der Waals surface area contributed by atoms with Gasteiger partial charge in [0, 0.05) is 12.5 Å². The average Bonchev–Trinajstić information content (AvgIpc) is 2.58. The molecular formula is C18H14F4O4. The summed E-state index contributed by atoms with van der Waals surface area (Å²) in [6.07, 6.45) is -9.34. The monoisotopic (exact) mass is 370 g/mol. The van der Waals surface area contributed by atoms with E-state index in [1.54, 1.807) is 6.07 Å². The molecular weight excluding hydrogens is 356 g/mol. The minimum Gasteiger partial charge on any atom is -0.447 e. The molecule has 0 saturated carbocycles. The molecule has 0 bridgehead atoms. The van der Waals surface area contributed by atoms with Crippen LogP contribution in [0.2, 0.25) is 0 Å². The molecule has 4 nitrogen and oxygen atoms in total. The first-order valence-electron chi connectivity index (χ1n) is 7.44. The molecule has 0 amide bonds. The SMILES string of the molecule is CC(=O)Oc1ccccc1[C@H](F)[C@H](OC(=O)C(F)(F)F)c1ccccc1. The summed E-state index contributed by atoms with van der Waals surface area (Å²) in [6.45, 7) is 1.10. The Kier molecular flexibility index (Phi) is 5.97. The predicted molar refractivity (Wildman–Crippen MR) is 82.9 cm³/mol. The van der Waals surface area contributed by atoms with Gasteiger partial charge in [0.25, 0.3) is 0 Å². The second kappa shape index (κ2) is 7.99. The van der Waals surface area contributed by atoms with Gasteiger partial charge in [-0.05, 0) is 11.6 Å². The Bertz CT molecular complexity index is 774. The molecule has 0 aliphatic carbocycles. The summed E-state index contributed by atoms with van der Waals surface area (Å²) in [6, 6.07) is 12.6. The number of para-hydroxylation sites is 1. The highest BCUT2D eigenvalue weighted by atomic mass is 19.4. The number of esters is 2. The molecule has 2 atom stereocenters. The van der Waals surface area contributed by atoms with Gasteiger partial charge in [-0.25, -0.2) is 9.18 Å². The predicted octanol–water partition coefficient (Wildman–Crippen LogP) is 4.47. The fraction of sp³-hybridized carbons (Fsp3) is 0.222. The number of rotatable bonds is 5. The Morgan fingerprint density at radius 1 is 0.962 bits per heavy atom. The Labute approximate surface area is 146 Å². The van der Waals surface area contributed by atoms with E-state index in [9.17, 15) is 22.8 Å². The van der Waals surface area contributed by atoms with Crippen molar-refractivity contribution in [3.8, 4) is 5.75 Å². The third-order valence-corrected chi connectivity index (χ3v) is 3.33. The summed E-state index contributed by atoms with van der Waals surface area (Å²) in [5.74, 6) is -3.41. The van der Waals surface area contributed by atoms with Crippen LogP contribution in [-0.2, 0) is 14.3 Å². The molecule has 0 spiro atoms. The van der Waals surface area contributed by atoms with E-state index in [1.807, 2.05) is 0 Å². The van der Waals surface area contributed by atoms with Crippen LogP contribution in [0.3, 0.4) is 0 Å². The van der Waals surface area contributed by atoms with E-state index in [0.29, 0.717) is 0 Å². The summed E-state index contributed by atoms with van der Waals surface area (Å²) < 4.78 is 62.1. The van der Waals surface area contributed by atoms with Gasteiger partial charge >= 0.3 is 18.1 Å². The first kappa shape index (κ1) is 19.4. The van der Waals surface area contributed by atoms with Crippen molar-refractivity contribution in [1.29, 1.82) is 0 Å². The van der Waals surface area contributed by atoms with Crippen LogP contribution in [0, 0.1) is 0 Å². The molecule has 0 aromatic heterocycles. The zero-order valence-electron chi connectivity index (χ0n) is 13.5. The molecule has 0 unspecified atom stereocenters. The highest BCUT2D eigenvalue weighted by Gasteiger charge is 2.44. The van der Waals surface area contributed by atoms with Crippen LogP contribution in [-0.4, -0.2) is 18.1 Å². The van der Waals surface area contributed by atoms with Crippen molar-refractivity contribution in [1.82, 2.24) is 0 Å². The van der Waals surface area contributed by atoms with E-state index in [0.717, 1.165) is 6.92 Å². The fourth-order valence-corrected chi connectivity index (χ4v) is 2.24. The topological polar surface area (TPSA) is 52.6 Å². The molecule has 2 aromatic carbocycles. The van der Waals surface area contributed by atoms with Crippen LogP contribution in [0.4, 0.5) is 17.6 Å². The van der Waals surface area contributed by atoms with Crippen molar-refractivity contribution in [2.45, 2.75) is 25.4 Å². The highest BCUT2D eigenvalue weighted by molar-refractivity contribution is 5.76. The van der Waals surface area contributed by atoms with E-state index in [1.165, 1.54) is 48.5 Å².